The Labute approximate surface area is 112 Å². The van der Waals surface area contributed by atoms with Crippen LogP contribution in [-0.4, -0.2) is 56.6 Å². The number of rotatable bonds is 2. The van der Waals surface area contributed by atoms with Crippen LogP contribution in [0.3, 0.4) is 0 Å². The molecule has 1 rings (SSSR count). The molecule has 6 nitrogen and oxygen atoms in total. The quantitative estimate of drug-likeness (QED) is 0.716. The van der Waals surface area contributed by atoms with E-state index in [1.54, 1.807) is 20.8 Å². The van der Waals surface area contributed by atoms with Gasteiger partial charge in [0.1, 0.15) is 5.60 Å². The van der Waals surface area contributed by atoms with Crippen LogP contribution in [-0.2, 0) is 18.5 Å². The van der Waals surface area contributed by atoms with Gasteiger partial charge in [0.05, 0.1) is 25.0 Å². The lowest BCUT2D eigenvalue weighted by atomic mass is 10.2. The summed E-state index contributed by atoms with van der Waals surface area (Å²) in [6.07, 6.45) is -1.07. The molecule has 0 aromatic heterocycles. The van der Waals surface area contributed by atoms with Crippen LogP contribution in [0.1, 0.15) is 20.8 Å². The Kier molecular flexibility index (Phi) is 4.85. The monoisotopic (exact) mass is 299 g/mol. The van der Waals surface area contributed by atoms with Gasteiger partial charge in [-0.15, -0.1) is 0 Å². The largest absolute Gasteiger partial charge is 0.444 e. The fraction of sp³-hybridized carbons (Fsp3) is 0.900. The van der Waals surface area contributed by atoms with Gasteiger partial charge in [0, 0.05) is 17.2 Å². The fourth-order valence-corrected chi connectivity index (χ4v) is 2.60. The normalized spacial score (nSPS) is 21.8. The SMILES string of the molecule is CC(C)(C)OC(=O)N1CCO[C@H](CS(=O)(=O)Cl)C1. The molecule has 1 amide bonds. The molecule has 18 heavy (non-hydrogen) atoms. The summed E-state index contributed by atoms with van der Waals surface area (Å²) in [4.78, 5) is 13.2. The minimum atomic E-state index is -3.64. The standard InChI is InChI=1S/C10H18ClNO5S/c1-10(2,3)17-9(13)12-4-5-16-8(6-12)7-18(11,14)15/h8H,4-7H2,1-3H3/t8-/m0/s1. The maximum atomic E-state index is 11.8. The van der Waals surface area contributed by atoms with Gasteiger partial charge >= 0.3 is 6.09 Å². The highest BCUT2D eigenvalue weighted by molar-refractivity contribution is 8.13. The molecule has 0 saturated carbocycles. The third-order valence-electron chi connectivity index (χ3n) is 2.18. The lowest BCUT2D eigenvalue weighted by Crippen LogP contribution is -2.49. The average molecular weight is 300 g/mol. The van der Waals surface area contributed by atoms with E-state index in [9.17, 15) is 13.2 Å². The van der Waals surface area contributed by atoms with Crippen LogP contribution in [0, 0.1) is 0 Å². The predicted octanol–water partition coefficient (Wildman–Crippen LogP) is 1.19. The van der Waals surface area contributed by atoms with Crippen molar-refractivity contribution in [3.8, 4) is 0 Å². The van der Waals surface area contributed by atoms with E-state index in [0.717, 1.165) is 0 Å². The molecule has 1 heterocycles. The number of hydrogen-bond donors (Lipinski definition) is 0. The number of ether oxygens (including phenoxy) is 2. The summed E-state index contributed by atoms with van der Waals surface area (Å²) < 4.78 is 32.4. The van der Waals surface area contributed by atoms with Crippen molar-refractivity contribution in [3.63, 3.8) is 0 Å². The van der Waals surface area contributed by atoms with Crippen molar-refractivity contribution < 1.29 is 22.7 Å². The Bertz CT molecular complexity index is 403. The molecule has 106 valence electrons. The number of amides is 1. The minimum Gasteiger partial charge on any atom is -0.444 e. The molecule has 1 saturated heterocycles. The second kappa shape index (κ2) is 5.63. The molecule has 0 aromatic rings. The number of nitrogens with zero attached hydrogens (tertiary/aromatic N) is 1. The molecule has 1 atom stereocenters. The van der Waals surface area contributed by atoms with E-state index in [0.29, 0.717) is 6.54 Å². The molecular weight excluding hydrogens is 282 g/mol. The summed E-state index contributed by atoms with van der Waals surface area (Å²) in [5.41, 5.74) is -0.580. The van der Waals surface area contributed by atoms with Crippen molar-refractivity contribution in [3.05, 3.63) is 0 Å². The molecule has 0 aliphatic carbocycles. The van der Waals surface area contributed by atoms with Crippen molar-refractivity contribution >= 4 is 25.8 Å². The molecular formula is C10H18ClNO5S. The van der Waals surface area contributed by atoms with Crippen LogP contribution in [0.15, 0.2) is 0 Å². The van der Waals surface area contributed by atoms with Gasteiger partial charge < -0.3 is 14.4 Å². The van der Waals surface area contributed by atoms with Gasteiger partial charge in [-0.3, -0.25) is 0 Å². The van der Waals surface area contributed by atoms with E-state index in [1.807, 2.05) is 0 Å². The van der Waals surface area contributed by atoms with E-state index in [1.165, 1.54) is 4.90 Å². The number of morpholine rings is 1. The second-order valence-corrected chi connectivity index (χ2v) is 7.95. The van der Waals surface area contributed by atoms with Crippen molar-refractivity contribution in [2.24, 2.45) is 0 Å². The van der Waals surface area contributed by atoms with Crippen molar-refractivity contribution in [1.82, 2.24) is 4.90 Å². The smallest absolute Gasteiger partial charge is 0.410 e. The highest BCUT2D eigenvalue weighted by Gasteiger charge is 2.30. The van der Waals surface area contributed by atoms with Gasteiger partial charge in [0.25, 0.3) is 0 Å². The van der Waals surface area contributed by atoms with Crippen LogP contribution in [0.25, 0.3) is 0 Å². The van der Waals surface area contributed by atoms with Crippen molar-refractivity contribution in [2.75, 3.05) is 25.4 Å². The van der Waals surface area contributed by atoms with Crippen LogP contribution < -0.4 is 0 Å². The molecule has 8 heteroatoms. The number of carbonyl (C=O) groups is 1. The van der Waals surface area contributed by atoms with Crippen molar-refractivity contribution in [2.45, 2.75) is 32.5 Å². The third kappa shape index (κ3) is 5.88. The van der Waals surface area contributed by atoms with E-state index >= 15 is 0 Å². The molecule has 0 N–H and O–H groups in total. The van der Waals surface area contributed by atoms with E-state index in [-0.39, 0.29) is 18.9 Å². The Morgan fingerprint density at radius 2 is 2.11 bits per heavy atom. The average Bonchev–Trinajstić information content (AvgIpc) is 2.12. The second-order valence-electron chi connectivity index (χ2n) is 5.12. The van der Waals surface area contributed by atoms with Crippen LogP contribution in [0.5, 0.6) is 0 Å². The number of halogens is 1. The summed E-state index contributed by atoms with van der Waals surface area (Å²) in [6, 6.07) is 0. The van der Waals surface area contributed by atoms with Crippen LogP contribution >= 0.6 is 10.7 Å². The van der Waals surface area contributed by atoms with Crippen LogP contribution in [0.4, 0.5) is 4.79 Å². The first-order valence-corrected chi connectivity index (χ1v) is 8.06. The van der Waals surface area contributed by atoms with E-state index in [2.05, 4.69) is 0 Å². The number of hydrogen-bond acceptors (Lipinski definition) is 5. The Morgan fingerprint density at radius 3 is 2.61 bits per heavy atom. The first kappa shape index (κ1) is 15.5. The van der Waals surface area contributed by atoms with E-state index < -0.39 is 26.8 Å². The topological polar surface area (TPSA) is 72.9 Å². The van der Waals surface area contributed by atoms with Crippen molar-refractivity contribution in [1.29, 1.82) is 0 Å². The lowest BCUT2D eigenvalue weighted by Gasteiger charge is -2.33. The first-order chi connectivity index (χ1) is 8.07. The van der Waals surface area contributed by atoms with Crippen LogP contribution in [0.2, 0.25) is 0 Å². The molecule has 0 spiro atoms. The van der Waals surface area contributed by atoms with Gasteiger partial charge in [0.2, 0.25) is 9.05 Å². The third-order valence-corrected chi connectivity index (χ3v) is 3.32. The van der Waals surface area contributed by atoms with Gasteiger partial charge in [-0.25, -0.2) is 13.2 Å². The van der Waals surface area contributed by atoms with Gasteiger partial charge in [-0.05, 0) is 20.8 Å². The maximum absolute atomic E-state index is 11.8. The molecule has 0 bridgehead atoms. The summed E-state index contributed by atoms with van der Waals surface area (Å²) in [5, 5.41) is 0. The zero-order valence-corrected chi connectivity index (χ0v) is 12.3. The van der Waals surface area contributed by atoms with Gasteiger partial charge in [-0.1, -0.05) is 0 Å². The molecule has 1 aliphatic heterocycles. The van der Waals surface area contributed by atoms with Gasteiger partial charge in [-0.2, -0.15) is 0 Å². The Balaban J connectivity index is 2.56. The van der Waals surface area contributed by atoms with Gasteiger partial charge in [0.15, 0.2) is 0 Å². The summed E-state index contributed by atoms with van der Waals surface area (Å²) in [7, 11) is 1.52. The molecule has 0 radical (unpaired) electrons. The zero-order valence-electron chi connectivity index (χ0n) is 10.7. The highest BCUT2D eigenvalue weighted by Crippen LogP contribution is 2.14. The molecule has 0 aromatic carbocycles. The minimum absolute atomic E-state index is 0.168. The zero-order chi connectivity index (χ0) is 14.0. The maximum Gasteiger partial charge on any atom is 0.410 e. The molecule has 1 aliphatic rings. The summed E-state index contributed by atoms with van der Waals surface area (Å²) in [6.45, 7) is 6.13. The number of carbonyl (C=O) groups excluding carboxylic acids is 1. The first-order valence-electron chi connectivity index (χ1n) is 5.59. The fourth-order valence-electron chi connectivity index (χ4n) is 1.53. The molecule has 1 fully saturated rings. The van der Waals surface area contributed by atoms with E-state index in [4.69, 9.17) is 20.2 Å². The summed E-state index contributed by atoms with van der Waals surface area (Å²) >= 11 is 0. The molecule has 0 unspecified atom stereocenters. The Morgan fingerprint density at radius 1 is 1.50 bits per heavy atom. The predicted molar refractivity (Wildman–Crippen MR) is 67.2 cm³/mol. The lowest BCUT2D eigenvalue weighted by molar-refractivity contribution is -0.0341. The summed E-state index contributed by atoms with van der Waals surface area (Å²) in [5.74, 6) is -0.312. The Hall–Kier alpha value is -0.530. The highest BCUT2D eigenvalue weighted by atomic mass is 35.7.